The van der Waals surface area contributed by atoms with E-state index in [-0.39, 0.29) is 0 Å². The summed E-state index contributed by atoms with van der Waals surface area (Å²) < 4.78 is 14.1. The van der Waals surface area contributed by atoms with Gasteiger partial charge < -0.3 is 14.2 Å². The van der Waals surface area contributed by atoms with E-state index in [1.807, 2.05) is 0 Å². The van der Waals surface area contributed by atoms with Crippen molar-refractivity contribution in [1.29, 1.82) is 0 Å². The van der Waals surface area contributed by atoms with E-state index in [9.17, 15) is 4.79 Å². The molecule has 0 aliphatic carbocycles. The average molecular weight is 148 g/mol. The molecule has 0 aromatic heterocycles. The van der Waals surface area contributed by atoms with Gasteiger partial charge in [0.05, 0.1) is 13.2 Å². The van der Waals surface area contributed by atoms with Crippen LogP contribution in [0.5, 0.6) is 0 Å². The number of methoxy groups -OCH3 is 1. The fourth-order valence-electron chi connectivity index (χ4n) is 0.415. The van der Waals surface area contributed by atoms with Gasteiger partial charge in [-0.15, -0.1) is 0 Å². The summed E-state index contributed by atoms with van der Waals surface area (Å²) in [5, 5.41) is 0. The van der Waals surface area contributed by atoms with Crippen molar-refractivity contribution in [2.45, 2.75) is 13.2 Å². The van der Waals surface area contributed by atoms with Crippen LogP contribution >= 0.6 is 0 Å². The lowest BCUT2D eigenvalue weighted by Gasteiger charge is -2.09. The highest BCUT2D eigenvalue weighted by Gasteiger charge is 1.98. The van der Waals surface area contributed by atoms with E-state index in [1.165, 1.54) is 0 Å². The Morgan fingerprint density at radius 3 is 2.70 bits per heavy atom. The zero-order chi connectivity index (χ0) is 7.82. The van der Waals surface area contributed by atoms with Gasteiger partial charge in [0, 0.05) is 7.11 Å². The van der Waals surface area contributed by atoms with E-state index >= 15 is 0 Å². The van der Waals surface area contributed by atoms with Gasteiger partial charge in [-0.3, -0.25) is 4.79 Å². The van der Waals surface area contributed by atoms with Gasteiger partial charge in [0.15, 0.2) is 6.29 Å². The molecule has 0 spiro atoms. The zero-order valence-electron chi connectivity index (χ0n) is 6.20. The highest BCUT2D eigenvalue weighted by atomic mass is 16.7. The van der Waals surface area contributed by atoms with Crippen LogP contribution in [0.3, 0.4) is 0 Å². The summed E-state index contributed by atoms with van der Waals surface area (Å²) >= 11 is 0. The molecule has 0 saturated carbocycles. The maximum Gasteiger partial charge on any atom is 0.295 e. The van der Waals surface area contributed by atoms with Gasteiger partial charge in [-0.2, -0.15) is 0 Å². The molecule has 0 aliphatic heterocycles. The van der Waals surface area contributed by atoms with Crippen molar-refractivity contribution in [3.05, 3.63) is 0 Å². The molecule has 0 aromatic rings. The van der Waals surface area contributed by atoms with Gasteiger partial charge in [-0.25, -0.2) is 0 Å². The fraction of sp³-hybridized carbons (Fsp3) is 0.833. The summed E-state index contributed by atoms with van der Waals surface area (Å²) in [5.74, 6) is 0. The molecule has 4 nitrogen and oxygen atoms in total. The number of rotatable bonds is 6. The monoisotopic (exact) mass is 148 g/mol. The molecule has 0 fully saturated rings. The quantitative estimate of drug-likeness (QED) is 0.306. The lowest BCUT2D eigenvalue weighted by molar-refractivity contribution is -0.161. The van der Waals surface area contributed by atoms with Crippen molar-refractivity contribution in [3.63, 3.8) is 0 Å². The predicted molar refractivity (Wildman–Crippen MR) is 34.4 cm³/mol. The lowest BCUT2D eigenvalue weighted by Crippen LogP contribution is -2.14. The van der Waals surface area contributed by atoms with Crippen molar-refractivity contribution in [3.8, 4) is 0 Å². The first-order valence-corrected chi connectivity index (χ1v) is 3.01. The van der Waals surface area contributed by atoms with E-state index in [0.29, 0.717) is 19.7 Å². The van der Waals surface area contributed by atoms with Crippen molar-refractivity contribution < 1.29 is 19.0 Å². The Morgan fingerprint density at radius 1 is 1.50 bits per heavy atom. The molecule has 0 heterocycles. The standard InChI is InChI=1S/C6H12O4/c1-6(10-5-7)9-4-3-8-2/h5-6H,3-4H2,1-2H3. The molecular weight excluding hydrogens is 136 g/mol. The zero-order valence-corrected chi connectivity index (χ0v) is 6.20. The van der Waals surface area contributed by atoms with Gasteiger partial charge in [-0.05, 0) is 6.92 Å². The Hall–Kier alpha value is -0.610. The summed E-state index contributed by atoms with van der Waals surface area (Å²) in [4.78, 5) is 9.71. The smallest absolute Gasteiger partial charge is 0.295 e. The number of ether oxygens (including phenoxy) is 3. The summed E-state index contributed by atoms with van der Waals surface area (Å²) in [7, 11) is 1.58. The van der Waals surface area contributed by atoms with Crippen molar-refractivity contribution >= 4 is 6.47 Å². The largest absolute Gasteiger partial charge is 0.438 e. The molecule has 0 saturated heterocycles. The summed E-state index contributed by atoms with van der Waals surface area (Å²) in [5.41, 5.74) is 0. The summed E-state index contributed by atoms with van der Waals surface area (Å²) in [6.07, 6.45) is -0.479. The van der Waals surface area contributed by atoms with Gasteiger partial charge in [0.2, 0.25) is 0 Å². The van der Waals surface area contributed by atoms with E-state index in [4.69, 9.17) is 9.47 Å². The van der Waals surface area contributed by atoms with E-state index in [1.54, 1.807) is 14.0 Å². The molecule has 10 heavy (non-hydrogen) atoms. The van der Waals surface area contributed by atoms with Crippen LogP contribution < -0.4 is 0 Å². The van der Waals surface area contributed by atoms with E-state index in [2.05, 4.69) is 4.74 Å². The topological polar surface area (TPSA) is 44.8 Å². The highest BCUT2D eigenvalue weighted by Crippen LogP contribution is 1.89. The van der Waals surface area contributed by atoms with Crippen LogP contribution in [0, 0.1) is 0 Å². The van der Waals surface area contributed by atoms with E-state index < -0.39 is 6.29 Å². The number of carbonyl (C=O) groups is 1. The van der Waals surface area contributed by atoms with Gasteiger partial charge in [0.25, 0.3) is 6.47 Å². The third-order valence-corrected chi connectivity index (χ3v) is 0.887. The molecule has 4 heteroatoms. The summed E-state index contributed by atoms with van der Waals surface area (Å²) in [6, 6.07) is 0. The van der Waals surface area contributed by atoms with Crippen LogP contribution in [0.2, 0.25) is 0 Å². The first-order chi connectivity index (χ1) is 4.81. The second kappa shape index (κ2) is 6.51. The molecule has 1 atom stereocenters. The highest BCUT2D eigenvalue weighted by molar-refractivity contribution is 5.37. The van der Waals surface area contributed by atoms with Crippen LogP contribution in [-0.4, -0.2) is 33.1 Å². The Labute approximate surface area is 60.1 Å². The molecule has 0 aromatic carbocycles. The molecule has 0 rings (SSSR count). The van der Waals surface area contributed by atoms with Crippen LogP contribution in [0.25, 0.3) is 0 Å². The second-order valence-electron chi connectivity index (χ2n) is 1.66. The minimum Gasteiger partial charge on any atom is -0.438 e. The third kappa shape index (κ3) is 5.53. The normalized spacial score (nSPS) is 12.6. The fourth-order valence-corrected chi connectivity index (χ4v) is 0.415. The molecule has 0 radical (unpaired) electrons. The first kappa shape index (κ1) is 9.39. The minimum atomic E-state index is -0.479. The van der Waals surface area contributed by atoms with Crippen LogP contribution in [0.4, 0.5) is 0 Å². The van der Waals surface area contributed by atoms with Crippen molar-refractivity contribution in [1.82, 2.24) is 0 Å². The van der Waals surface area contributed by atoms with Gasteiger partial charge >= 0.3 is 0 Å². The van der Waals surface area contributed by atoms with Gasteiger partial charge in [0.1, 0.15) is 0 Å². The SMILES string of the molecule is COCCOC(C)OC=O. The number of carbonyl (C=O) groups excluding carboxylic acids is 1. The molecule has 0 aliphatic rings. The summed E-state index contributed by atoms with van der Waals surface area (Å²) in [6.45, 7) is 2.94. The lowest BCUT2D eigenvalue weighted by atomic mass is 10.7. The number of hydrogen-bond donors (Lipinski definition) is 0. The van der Waals surface area contributed by atoms with Crippen LogP contribution in [0.15, 0.2) is 0 Å². The van der Waals surface area contributed by atoms with Crippen LogP contribution in [-0.2, 0) is 19.0 Å². The van der Waals surface area contributed by atoms with Crippen molar-refractivity contribution in [2.75, 3.05) is 20.3 Å². The minimum absolute atomic E-state index is 0.359. The Bertz CT molecular complexity index is 83.8. The second-order valence-corrected chi connectivity index (χ2v) is 1.66. The molecule has 60 valence electrons. The molecule has 0 amide bonds. The molecule has 0 bridgehead atoms. The Balaban J connectivity index is 3.04. The van der Waals surface area contributed by atoms with E-state index in [0.717, 1.165) is 0 Å². The molecule has 0 N–H and O–H groups in total. The molecule has 1 unspecified atom stereocenters. The van der Waals surface area contributed by atoms with Gasteiger partial charge in [-0.1, -0.05) is 0 Å². The maximum absolute atomic E-state index is 9.71. The number of hydrogen-bond acceptors (Lipinski definition) is 4. The van der Waals surface area contributed by atoms with Crippen LogP contribution in [0.1, 0.15) is 6.92 Å². The maximum atomic E-state index is 9.71. The third-order valence-electron chi connectivity index (χ3n) is 0.887. The predicted octanol–water partition coefficient (Wildman–Crippen LogP) is 0.168. The first-order valence-electron chi connectivity index (χ1n) is 3.01. The average Bonchev–Trinajstić information content (AvgIpc) is 1.89. The Morgan fingerprint density at radius 2 is 2.20 bits per heavy atom. The molecular formula is C6H12O4. The van der Waals surface area contributed by atoms with Crippen molar-refractivity contribution in [2.24, 2.45) is 0 Å². The Kier molecular flexibility index (Phi) is 6.11.